The van der Waals surface area contributed by atoms with Crippen LogP contribution in [0.5, 0.6) is 0 Å². The third kappa shape index (κ3) is 2.82. The predicted molar refractivity (Wildman–Crippen MR) is 94.7 cm³/mol. The summed E-state index contributed by atoms with van der Waals surface area (Å²) in [5.41, 5.74) is 2.14. The average Bonchev–Trinajstić information content (AvgIpc) is 3.05. The number of fused-ring (bicyclic) bond motifs is 1. The first kappa shape index (κ1) is 16.3. The monoisotopic (exact) mass is 349 g/mol. The molecule has 0 unspecified atom stereocenters. The molecule has 4 rings (SSSR count). The van der Waals surface area contributed by atoms with Crippen molar-refractivity contribution in [3.05, 3.63) is 66.6 Å². The summed E-state index contributed by atoms with van der Waals surface area (Å²) in [5.74, 6) is 0.133. The summed E-state index contributed by atoms with van der Waals surface area (Å²) in [7, 11) is 0. The lowest BCUT2D eigenvalue weighted by molar-refractivity contribution is 0.0739. The number of aliphatic hydroxyl groups is 1. The second-order valence-corrected chi connectivity index (χ2v) is 6.51. The molecule has 0 atom stereocenters. The molecule has 0 aliphatic rings. The second-order valence-electron chi connectivity index (χ2n) is 6.51. The molecule has 4 aromatic rings. The number of hydrogen-bond acceptors (Lipinski definition) is 5. The van der Waals surface area contributed by atoms with E-state index in [9.17, 15) is 9.50 Å². The quantitative estimate of drug-likeness (QED) is 0.614. The van der Waals surface area contributed by atoms with E-state index in [0.717, 1.165) is 11.3 Å². The Morgan fingerprint density at radius 1 is 1.04 bits per heavy atom. The fourth-order valence-electron chi connectivity index (χ4n) is 2.78. The van der Waals surface area contributed by atoms with Crippen LogP contribution in [0.1, 0.15) is 19.5 Å². The summed E-state index contributed by atoms with van der Waals surface area (Å²) in [4.78, 5) is 8.72. The molecule has 3 aromatic heterocycles. The van der Waals surface area contributed by atoms with Crippen LogP contribution >= 0.6 is 0 Å². The van der Waals surface area contributed by atoms with Crippen LogP contribution in [0.25, 0.3) is 28.2 Å². The summed E-state index contributed by atoms with van der Waals surface area (Å²) in [6.45, 7) is 3.34. The predicted octanol–water partition coefficient (Wildman–Crippen LogP) is 3.22. The number of hydrogen-bond donors (Lipinski definition) is 1. The highest BCUT2D eigenvalue weighted by atomic mass is 19.1. The summed E-state index contributed by atoms with van der Waals surface area (Å²) in [5, 5.41) is 17.6. The lowest BCUT2D eigenvalue weighted by Gasteiger charge is -2.16. The molecule has 26 heavy (non-hydrogen) atoms. The Morgan fingerprint density at radius 2 is 1.88 bits per heavy atom. The molecule has 3 heterocycles. The molecular weight excluding hydrogens is 333 g/mol. The Hall–Kier alpha value is -3.19. The van der Waals surface area contributed by atoms with Crippen molar-refractivity contribution in [1.82, 2.24) is 24.6 Å². The number of nitrogens with zero attached hydrogens (tertiary/aromatic N) is 5. The summed E-state index contributed by atoms with van der Waals surface area (Å²) >= 11 is 0. The Bertz CT molecular complexity index is 1090. The lowest BCUT2D eigenvalue weighted by Crippen LogP contribution is -2.18. The van der Waals surface area contributed by atoms with Crippen molar-refractivity contribution >= 4 is 5.78 Å². The van der Waals surface area contributed by atoms with Crippen molar-refractivity contribution in [2.75, 3.05) is 0 Å². The maximum atomic E-state index is 14.3. The van der Waals surface area contributed by atoms with Crippen molar-refractivity contribution in [3.63, 3.8) is 0 Å². The molecule has 1 N–H and O–H groups in total. The number of imidazole rings is 1. The molecule has 0 radical (unpaired) electrons. The molecule has 0 aliphatic carbocycles. The Balaban J connectivity index is 1.84. The molecule has 0 saturated carbocycles. The van der Waals surface area contributed by atoms with Gasteiger partial charge in [-0.25, -0.2) is 14.4 Å². The highest BCUT2D eigenvalue weighted by Crippen LogP contribution is 2.29. The van der Waals surface area contributed by atoms with E-state index in [1.807, 2.05) is 0 Å². The first-order valence-corrected chi connectivity index (χ1v) is 8.07. The van der Waals surface area contributed by atoms with Crippen molar-refractivity contribution in [2.45, 2.75) is 19.4 Å². The van der Waals surface area contributed by atoms with Gasteiger partial charge in [-0.05, 0) is 44.2 Å². The van der Waals surface area contributed by atoms with Gasteiger partial charge in [-0.3, -0.25) is 4.40 Å². The van der Waals surface area contributed by atoms with Gasteiger partial charge >= 0.3 is 0 Å². The van der Waals surface area contributed by atoms with Crippen LogP contribution in [-0.4, -0.2) is 29.7 Å². The van der Waals surface area contributed by atoms with Crippen molar-refractivity contribution in [1.29, 1.82) is 0 Å². The zero-order valence-electron chi connectivity index (χ0n) is 14.3. The molecule has 0 saturated heterocycles. The first-order valence-electron chi connectivity index (χ1n) is 8.07. The molecule has 0 bridgehead atoms. The summed E-state index contributed by atoms with van der Waals surface area (Å²) < 4.78 is 16.1. The maximum Gasteiger partial charge on any atom is 0.234 e. The molecule has 1 aromatic carbocycles. The van der Waals surface area contributed by atoms with Gasteiger partial charge < -0.3 is 5.11 Å². The molecule has 7 heteroatoms. The average molecular weight is 349 g/mol. The maximum absolute atomic E-state index is 14.3. The Labute approximate surface area is 149 Å². The zero-order valence-corrected chi connectivity index (χ0v) is 14.3. The minimum absolute atomic E-state index is 0.335. The number of aromatic nitrogens is 5. The van der Waals surface area contributed by atoms with E-state index in [0.29, 0.717) is 22.6 Å². The minimum Gasteiger partial charge on any atom is -0.384 e. The standard InChI is InChI=1S/C19H16FN5O/c1-19(2,26)17-6-8-25-16(11-21-18(25)24-17)12-3-4-15(20)14(9-12)13-5-7-22-23-10-13/h3-11,26H,1-2H3. The molecule has 0 spiro atoms. The van der Waals surface area contributed by atoms with E-state index in [2.05, 4.69) is 20.2 Å². The summed E-state index contributed by atoms with van der Waals surface area (Å²) in [6, 6.07) is 8.32. The van der Waals surface area contributed by atoms with Crippen molar-refractivity contribution in [3.8, 4) is 22.4 Å². The lowest BCUT2D eigenvalue weighted by atomic mass is 10.0. The van der Waals surface area contributed by atoms with E-state index in [1.165, 1.54) is 18.5 Å². The topological polar surface area (TPSA) is 76.2 Å². The number of halogens is 1. The third-order valence-corrected chi connectivity index (χ3v) is 4.16. The molecule has 0 amide bonds. The van der Waals surface area contributed by atoms with Crippen LogP contribution < -0.4 is 0 Å². The van der Waals surface area contributed by atoms with E-state index in [-0.39, 0.29) is 5.82 Å². The van der Waals surface area contributed by atoms with Crippen LogP contribution in [-0.2, 0) is 5.60 Å². The molecule has 6 nitrogen and oxygen atoms in total. The normalized spacial score (nSPS) is 11.8. The molecule has 0 fully saturated rings. The van der Waals surface area contributed by atoms with Crippen LogP contribution in [0.4, 0.5) is 4.39 Å². The fraction of sp³-hybridized carbons (Fsp3) is 0.158. The van der Waals surface area contributed by atoms with Gasteiger partial charge in [0.15, 0.2) is 0 Å². The fourth-order valence-corrected chi connectivity index (χ4v) is 2.78. The second kappa shape index (κ2) is 5.96. The van der Waals surface area contributed by atoms with E-state index >= 15 is 0 Å². The van der Waals surface area contributed by atoms with Gasteiger partial charge in [0.25, 0.3) is 0 Å². The highest BCUT2D eigenvalue weighted by molar-refractivity contribution is 5.72. The third-order valence-electron chi connectivity index (χ3n) is 4.16. The largest absolute Gasteiger partial charge is 0.384 e. The minimum atomic E-state index is -1.05. The van der Waals surface area contributed by atoms with Crippen molar-refractivity contribution < 1.29 is 9.50 Å². The van der Waals surface area contributed by atoms with E-state index < -0.39 is 5.60 Å². The zero-order chi connectivity index (χ0) is 18.3. The van der Waals surface area contributed by atoms with E-state index in [1.54, 1.807) is 54.9 Å². The van der Waals surface area contributed by atoms with Crippen LogP contribution in [0.3, 0.4) is 0 Å². The van der Waals surface area contributed by atoms with Gasteiger partial charge in [-0.15, -0.1) is 0 Å². The van der Waals surface area contributed by atoms with Gasteiger partial charge in [-0.2, -0.15) is 10.2 Å². The van der Waals surface area contributed by atoms with Crippen molar-refractivity contribution in [2.24, 2.45) is 0 Å². The number of rotatable bonds is 3. The van der Waals surface area contributed by atoms with Crippen LogP contribution in [0.15, 0.2) is 55.1 Å². The molecule has 0 aliphatic heterocycles. The Morgan fingerprint density at radius 3 is 2.62 bits per heavy atom. The van der Waals surface area contributed by atoms with Crippen LogP contribution in [0.2, 0.25) is 0 Å². The van der Waals surface area contributed by atoms with Gasteiger partial charge in [-0.1, -0.05) is 0 Å². The van der Waals surface area contributed by atoms with Gasteiger partial charge in [0.05, 0.1) is 30.0 Å². The SMILES string of the molecule is CC(C)(O)c1ccn2c(-c3ccc(F)c(-c4ccnnc4)c3)cnc2n1. The van der Waals surface area contributed by atoms with E-state index in [4.69, 9.17) is 0 Å². The smallest absolute Gasteiger partial charge is 0.234 e. The molecular formula is C19H16FN5O. The van der Waals surface area contributed by atoms with Gasteiger partial charge in [0, 0.05) is 22.9 Å². The van der Waals surface area contributed by atoms with Gasteiger partial charge in [0.1, 0.15) is 11.4 Å². The summed E-state index contributed by atoms with van der Waals surface area (Å²) in [6.07, 6.45) is 6.53. The van der Waals surface area contributed by atoms with Crippen LogP contribution in [0, 0.1) is 5.82 Å². The Kier molecular flexibility index (Phi) is 3.73. The highest BCUT2D eigenvalue weighted by Gasteiger charge is 2.19. The first-order chi connectivity index (χ1) is 12.4. The van der Waals surface area contributed by atoms with Gasteiger partial charge in [0.2, 0.25) is 5.78 Å². The number of benzene rings is 1. The molecule has 130 valence electrons.